The largest absolute Gasteiger partial charge is 0.271 e. The molecule has 0 radical (unpaired) electrons. The maximum absolute atomic E-state index is 13.2. The molecule has 0 saturated carbocycles. The minimum absolute atomic E-state index is 0.284. The van der Waals surface area contributed by atoms with E-state index in [-0.39, 0.29) is 12.1 Å². The number of amides is 2. The van der Waals surface area contributed by atoms with Crippen LogP contribution >= 0.6 is 0 Å². The van der Waals surface area contributed by atoms with E-state index in [1.807, 2.05) is 0 Å². The van der Waals surface area contributed by atoms with Gasteiger partial charge in [-0.15, -0.1) is 0 Å². The lowest BCUT2D eigenvalue weighted by Gasteiger charge is -2.14. The Kier molecular flexibility index (Phi) is 2.52. The zero-order chi connectivity index (χ0) is 11.7. The summed E-state index contributed by atoms with van der Waals surface area (Å²) in [5.74, 6) is -2.67. The summed E-state index contributed by atoms with van der Waals surface area (Å²) >= 11 is 0. The smallest absolute Gasteiger partial charge is 0.253 e. The molecular weight excluding hydrogens is 216 g/mol. The summed E-state index contributed by atoms with van der Waals surface area (Å²) < 4.78 is 26.5. The summed E-state index contributed by atoms with van der Waals surface area (Å²) in [7, 11) is 0. The van der Waals surface area contributed by atoms with Crippen molar-refractivity contribution in [1.29, 1.82) is 0 Å². The third-order valence-electron chi connectivity index (χ3n) is 2.28. The van der Waals surface area contributed by atoms with E-state index >= 15 is 0 Å². The molecule has 0 atom stereocenters. The number of benzene rings is 1. The number of halogens is 2. The highest BCUT2D eigenvalue weighted by Crippen LogP contribution is 2.16. The van der Waals surface area contributed by atoms with E-state index in [2.05, 4.69) is 0 Å². The van der Waals surface area contributed by atoms with Crippen molar-refractivity contribution in [3.05, 3.63) is 47.5 Å². The molecule has 1 aliphatic rings. The molecule has 1 aromatic carbocycles. The predicted octanol–water partition coefficient (Wildman–Crippen LogP) is 1.39. The molecule has 0 N–H and O–H groups in total. The van der Waals surface area contributed by atoms with Crippen LogP contribution in [0.4, 0.5) is 8.78 Å². The number of imide groups is 1. The average molecular weight is 223 g/mol. The van der Waals surface area contributed by atoms with Crippen LogP contribution in [0.1, 0.15) is 5.56 Å². The molecule has 1 aliphatic heterocycles. The van der Waals surface area contributed by atoms with Crippen LogP contribution in [-0.2, 0) is 16.1 Å². The zero-order valence-corrected chi connectivity index (χ0v) is 8.11. The van der Waals surface area contributed by atoms with Crippen LogP contribution in [0, 0.1) is 11.6 Å². The van der Waals surface area contributed by atoms with E-state index in [1.165, 1.54) is 6.07 Å². The molecule has 0 saturated heterocycles. The van der Waals surface area contributed by atoms with Crippen molar-refractivity contribution >= 4 is 11.8 Å². The molecule has 2 rings (SSSR count). The van der Waals surface area contributed by atoms with Crippen molar-refractivity contribution in [3.63, 3.8) is 0 Å². The zero-order valence-electron chi connectivity index (χ0n) is 8.11. The second-order valence-corrected chi connectivity index (χ2v) is 3.30. The van der Waals surface area contributed by atoms with Crippen molar-refractivity contribution in [1.82, 2.24) is 4.90 Å². The molecule has 0 spiro atoms. The highest BCUT2D eigenvalue weighted by molar-refractivity contribution is 6.12. The molecule has 16 heavy (non-hydrogen) atoms. The Hall–Kier alpha value is -2.04. The fraction of sp³-hybridized carbons (Fsp3) is 0.0909. The van der Waals surface area contributed by atoms with Gasteiger partial charge in [0.15, 0.2) is 0 Å². The van der Waals surface area contributed by atoms with Gasteiger partial charge in [-0.3, -0.25) is 14.5 Å². The van der Waals surface area contributed by atoms with Crippen LogP contribution in [0.2, 0.25) is 0 Å². The molecule has 0 unspecified atom stereocenters. The van der Waals surface area contributed by atoms with E-state index in [0.29, 0.717) is 0 Å². The molecule has 0 bridgehead atoms. The Morgan fingerprint density at radius 2 is 1.50 bits per heavy atom. The molecule has 0 aromatic heterocycles. The average Bonchev–Trinajstić information content (AvgIpc) is 2.54. The summed E-state index contributed by atoms with van der Waals surface area (Å²) in [4.78, 5) is 23.1. The highest BCUT2D eigenvalue weighted by Gasteiger charge is 2.25. The number of hydrogen-bond acceptors (Lipinski definition) is 2. The summed E-state index contributed by atoms with van der Waals surface area (Å²) in [6, 6.07) is 3.38. The summed E-state index contributed by atoms with van der Waals surface area (Å²) in [6.45, 7) is -0.386. The predicted molar refractivity (Wildman–Crippen MR) is 51.1 cm³/mol. The normalized spacial score (nSPS) is 15.0. The van der Waals surface area contributed by atoms with Crippen LogP contribution in [0.25, 0.3) is 0 Å². The SMILES string of the molecule is O=C1C=CC(=O)N1Cc1c(F)cccc1F. The molecule has 0 fully saturated rings. The first-order valence-electron chi connectivity index (χ1n) is 4.56. The number of hydrogen-bond donors (Lipinski definition) is 0. The summed E-state index contributed by atoms with van der Waals surface area (Å²) in [5.41, 5.74) is -0.284. The molecule has 3 nitrogen and oxygen atoms in total. The van der Waals surface area contributed by atoms with E-state index < -0.39 is 23.4 Å². The standard InChI is InChI=1S/C11H7F2NO2/c12-8-2-1-3-9(13)7(8)6-14-10(15)4-5-11(14)16/h1-5H,6H2. The van der Waals surface area contributed by atoms with E-state index in [4.69, 9.17) is 0 Å². The Morgan fingerprint density at radius 3 is 2.00 bits per heavy atom. The van der Waals surface area contributed by atoms with Crippen LogP contribution < -0.4 is 0 Å². The van der Waals surface area contributed by atoms with Gasteiger partial charge >= 0.3 is 0 Å². The van der Waals surface area contributed by atoms with Gasteiger partial charge < -0.3 is 0 Å². The quantitative estimate of drug-likeness (QED) is 0.710. The van der Waals surface area contributed by atoms with Crippen molar-refractivity contribution in [3.8, 4) is 0 Å². The highest BCUT2D eigenvalue weighted by atomic mass is 19.1. The summed E-state index contributed by atoms with van der Waals surface area (Å²) in [6.07, 6.45) is 2.14. The number of carbonyl (C=O) groups is 2. The third kappa shape index (κ3) is 1.71. The topological polar surface area (TPSA) is 37.4 Å². The van der Waals surface area contributed by atoms with Gasteiger partial charge in [0.25, 0.3) is 11.8 Å². The minimum Gasteiger partial charge on any atom is -0.271 e. The first kappa shape index (κ1) is 10.5. The fourth-order valence-corrected chi connectivity index (χ4v) is 1.43. The fourth-order valence-electron chi connectivity index (χ4n) is 1.43. The van der Waals surface area contributed by atoms with Gasteiger partial charge in [-0.25, -0.2) is 8.78 Å². The first-order chi connectivity index (χ1) is 7.59. The van der Waals surface area contributed by atoms with E-state index in [9.17, 15) is 18.4 Å². The van der Waals surface area contributed by atoms with Crippen molar-refractivity contribution in [2.24, 2.45) is 0 Å². The van der Waals surface area contributed by atoms with Gasteiger partial charge in [0, 0.05) is 17.7 Å². The number of carbonyl (C=O) groups excluding carboxylic acids is 2. The van der Waals surface area contributed by atoms with Crippen LogP contribution in [0.15, 0.2) is 30.4 Å². The maximum Gasteiger partial charge on any atom is 0.253 e. The van der Waals surface area contributed by atoms with Gasteiger partial charge in [-0.1, -0.05) is 6.07 Å². The van der Waals surface area contributed by atoms with Crippen molar-refractivity contribution in [2.75, 3.05) is 0 Å². The Morgan fingerprint density at radius 1 is 1.00 bits per heavy atom. The van der Waals surface area contributed by atoms with Gasteiger partial charge in [-0.05, 0) is 12.1 Å². The van der Waals surface area contributed by atoms with Gasteiger partial charge in [-0.2, -0.15) is 0 Å². The Bertz CT molecular complexity index is 459. The molecule has 82 valence electrons. The molecule has 2 amide bonds. The maximum atomic E-state index is 13.2. The monoisotopic (exact) mass is 223 g/mol. The number of rotatable bonds is 2. The Labute approximate surface area is 90.0 Å². The second-order valence-electron chi connectivity index (χ2n) is 3.30. The van der Waals surface area contributed by atoms with E-state index in [1.54, 1.807) is 0 Å². The van der Waals surface area contributed by atoms with Gasteiger partial charge in [0.2, 0.25) is 0 Å². The van der Waals surface area contributed by atoms with Crippen molar-refractivity contribution in [2.45, 2.75) is 6.54 Å². The lowest BCUT2D eigenvalue weighted by molar-refractivity contribution is -0.137. The third-order valence-corrected chi connectivity index (χ3v) is 2.28. The lowest BCUT2D eigenvalue weighted by Crippen LogP contribution is -2.30. The molecular formula is C11H7F2NO2. The minimum atomic E-state index is -0.771. The van der Waals surface area contributed by atoms with Crippen LogP contribution in [-0.4, -0.2) is 16.7 Å². The second kappa shape index (κ2) is 3.84. The van der Waals surface area contributed by atoms with Crippen molar-refractivity contribution < 1.29 is 18.4 Å². The molecule has 5 heteroatoms. The van der Waals surface area contributed by atoms with Crippen LogP contribution in [0.5, 0.6) is 0 Å². The van der Waals surface area contributed by atoms with E-state index in [0.717, 1.165) is 29.2 Å². The summed E-state index contributed by atoms with van der Waals surface area (Å²) in [5, 5.41) is 0. The Balaban J connectivity index is 2.28. The van der Waals surface area contributed by atoms with Gasteiger partial charge in [0.1, 0.15) is 11.6 Å². The molecule has 1 heterocycles. The van der Waals surface area contributed by atoms with Crippen LogP contribution in [0.3, 0.4) is 0 Å². The first-order valence-corrected chi connectivity index (χ1v) is 4.56. The molecule has 1 aromatic rings. The van der Waals surface area contributed by atoms with Gasteiger partial charge in [0.05, 0.1) is 6.54 Å². The lowest BCUT2D eigenvalue weighted by atomic mass is 10.2. The molecule has 0 aliphatic carbocycles. The number of nitrogens with zero attached hydrogens (tertiary/aromatic N) is 1.